The predicted molar refractivity (Wildman–Crippen MR) is 120 cm³/mol. The Bertz CT molecular complexity index is 1150. The molecule has 1 N–H and O–H groups in total. The van der Waals surface area contributed by atoms with Crippen molar-refractivity contribution in [2.45, 2.75) is 50.3 Å². The summed E-state index contributed by atoms with van der Waals surface area (Å²) in [5, 5.41) is 3.05. The predicted octanol–water partition coefficient (Wildman–Crippen LogP) is 3.92. The molecule has 0 unspecified atom stereocenters. The fourth-order valence-corrected chi connectivity index (χ4v) is 4.70. The molecule has 172 valence electrons. The Morgan fingerprint density at radius 2 is 2.00 bits per heavy atom. The van der Waals surface area contributed by atoms with Gasteiger partial charge in [0.2, 0.25) is 11.8 Å². The number of nitrogens with one attached hydrogen (secondary N) is 1. The van der Waals surface area contributed by atoms with E-state index in [4.69, 9.17) is 9.15 Å². The van der Waals surface area contributed by atoms with Crippen LogP contribution in [0, 0.1) is 5.82 Å². The van der Waals surface area contributed by atoms with Crippen LogP contribution in [0.1, 0.15) is 42.5 Å². The number of hydrogen-bond donors (Lipinski definition) is 1. The molecule has 2 heterocycles. The lowest BCUT2D eigenvalue weighted by molar-refractivity contribution is -0.130. The summed E-state index contributed by atoms with van der Waals surface area (Å²) in [5.74, 6) is -0.700. The molecule has 8 heteroatoms. The van der Waals surface area contributed by atoms with Crippen LogP contribution in [0.15, 0.2) is 46.9 Å². The molecule has 3 aromatic rings. The zero-order chi connectivity index (χ0) is 22.9. The van der Waals surface area contributed by atoms with Crippen molar-refractivity contribution in [3.8, 4) is 11.5 Å². The number of para-hydroxylation sites is 2. The highest BCUT2D eigenvalue weighted by Gasteiger charge is 2.33. The van der Waals surface area contributed by atoms with Gasteiger partial charge in [-0.2, -0.15) is 0 Å². The van der Waals surface area contributed by atoms with E-state index >= 15 is 0 Å². The number of aromatic nitrogens is 1. The van der Waals surface area contributed by atoms with Crippen LogP contribution in [0.4, 0.5) is 4.39 Å². The maximum Gasteiger partial charge on any atom is 0.253 e. The van der Waals surface area contributed by atoms with Crippen LogP contribution in [0.25, 0.3) is 22.6 Å². The van der Waals surface area contributed by atoms with Gasteiger partial charge in [0.1, 0.15) is 17.4 Å². The molecule has 2 aromatic carbocycles. The minimum atomic E-state index is -0.561. The summed E-state index contributed by atoms with van der Waals surface area (Å²) < 4.78 is 26.0. The largest absolute Gasteiger partial charge is 0.436 e. The highest BCUT2D eigenvalue weighted by Crippen LogP contribution is 2.29. The first-order valence-corrected chi connectivity index (χ1v) is 11.3. The lowest BCUT2D eigenvalue weighted by Gasteiger charge is -2.25. The highest BCUT2D eigenvalue weighted by molar-refractivity contribution is 5.95. The third-order valence-electron chi connectivity index (χ3n) is 6.58. The van der Waals surface area contributed by atoms with Crippen molar-refractivity contribution in [2.24, 2.45) is 0 Å². The van der Waals surface area contributed by atoms with Gasteiger partial charge in [0, 0.05) is 31.3 Å². The fourth-order valence-electron chi connectivity index (χ4n) is 4.70. The van der Waals surface area contributed by atoms with Gasteiger partial charge in [-0.15, -0.1) is 0 Å². The summed E-state index contributed by atoms with van der Waals surface area (Å²) in [6.07, 6.45) is 3.56. The van der Waals surface area contributed by atoms with Gasteiger partial charge in [0.25, 0.3) is 5.91 Å². The van der Waals surface area contributed by atoms with Crippen molar-refractivity contribution < 1.29 is 23.1 Å². The van der Waals surface area contributed by atoms with Crippen LogP contribution in [-0.2, 0) is 9.53 Å². The number of nitrogens with zero attached hydrogens (tertiary/aromatic N) is 2. The molecule has 5 rings (SSSR count). The van der Waals surface area contributed by atoms with E-state index in [9.17, 15) is 14.0 Å². The average molecular weight is 451 g/mol. The third kappa shape index (κ3) is 4.35. The zero-order valence-corrected chi connectivity index (χ0v) is 18.4. The molecule has 3 atom stereocenters. The molecule has 7 nitrogen and oxygen atoms in total. The Hall–Kier alpha value is -3.26. The Morgan fingerprint density at radius 1 is 1.15 bits per heavy atom. The molecule has 0 radical (unpaired) electrons. The van der Waals surface area contributed by atoms with Crippen molar-refractivity contribution >= 4 is 22.9 Å². The first kappa shape index (κ1) is 21.6. The zero-order valence-electron chi connectivity index (χ0n) is 18.4. The van der Waals surface area contributed by atoms with Gasteiger partial charge in [-0.1, -0.05) is 12.1 Å². The lowest BCUT2D eigenvalue weighted by Crippen LogP contribution is -2.41. The van der Waals surface area contributed by atoms with Gasteiger partial charge < -0.3 is 19.4 Å². The second kappa shape index (κ2) is 8.94. The van der Waals surface area contributed by atoms with E-state index in [2.05, 4.69) is 10.3 Å². The van der Waals surface area contributed by atoms with Crippen LogP contribution in [0.3, 0.4) is 0 Å². The quantitative estimate of drug-likeness (QED) is 0.636. The van der Waals surface area contributed by atoms with Gasteiger partial charge in [-0.3, -0.25) is 9.59 Å². The maximum absolute atomic E-state index is 14.9. The SMILES string of the molecule is CN(C(=O)c1ccc(-c2nc3ccccc3o2)c(F)c1)[C@@H]1CC[C@H](NC(=O)[C@@H]2CCCO2)C1. The number of hydrogen-bond acceptors (Lipinski definition) is 5. The van der Waals surface area contributed by atoms with Crippen LogP contribution < -0.4 is 5.32 Å². The summed E-state index contributed by atoms with van der Waals surface area (Å²) in [6.45, 7) is 0.629. The molecular weight excluding hydrogens is 425 g/mol. The summed E-state index contributed by atoms with van der Waals surface area (Å²) in [5.41, 5.74) is 1.70. The van der Waals surface area contributed by atoms with E-state index in [0.717, 1.165) is 25.7 Å². The van der Waals surface area contributed by atoms with Crippen molar-refractivity contribution in [2.75, 3.05) is 13.7 Å². The average Bonchev–Trinajstić information content (AvgIpc) is 3.58. The van der Waals surface area contributed by atoms with E-state index in [1.54, 1.807) is 30.1 Å². The minimum Gasteiger partial charge on any atom is -0.436 e. The first-order chi connectivity index (χ1) is 16.0. The molecular formula is C25H26FN3O4. The normalized spacial score (nSPS) is 22.5. The molecule has 2 fully saturated rings. The fraction of sp³-hybridized carbons (Fsp3) is 0.400. The van der Waals surface area contributed by atoms with Gasteiger partial charge in [0.05, 0.1) is 5.56 Å². The molecule has 1 aromatic heterocycles. The van der Waals surface area contributed by atoms with E-state index in [1.807, 2.05) is 12.1 Å². The van der Waals surface area contributed by atoms with Gasteiger partial charge >= 0.3 is 0 Å². The van der Waals surface area contributed by atoms with Crippen molar-refractivity contribution in [1.82, 2.24) is 15.2 Å². The number of rotatable bonds is 5. The Labute approximate surface area is 190 Å². The van der Waals surface area contributed by atoms with Gasteiger partial charge in [0.15, 0.2) is 5.58 Å². The molecule has 1 aliphatic heterocycles. The number of ether oxygens (including phenoxy) is 1. The highest BCUT2D eigenvalue weighted by atomic mass is 19.1. The molecule has 33 heavy (non-hydrogen) atoms. The molecule has 1 aliphatic carbocycles. The molecule has 0 spiro atoms. The first-order valence-electron chi connectivity index (χ1n) is 11.3. The van der Waals surface area contributed by atoms with Crippen molar-refractivity contribution in [3.05, 3.63) is 53.8 Å². The van der Waals surface area contributed by atoms with Crippen molar-refractivity contribution in [3.63, 3.8) is 0 Å². The Balaban J connectivity index is 1.24. The number of oxazole rings is 1. The van der Waals surface area contributed by atoms with E-state index in [1.165, 1.54) is 12.1 Å². The van der Waals surface area contributed by atoms with E-state index in [-0.39, 0.29) is 47.0 Å². The number of fused-ring (bicyclic) bond motifs is 1. The van der Waals surface area contributed by atoms with Gasteiger partial charge in [-0.05, 0) is 62.4 Å². The van der Waals surface area contributed by atoms with Crippen molar-refractivity contribution in [1.29, 1.82) is 0 Å². The Kier molecular flexibility index (Phi) is 5.85. The monoisotopic (exact) mass is 451 g/mol. The molecule has 0 bridgehead atoms. The summed E-state index contributed by atoms with van der Waals surface area (Å²) >= 11 is 0. The number of carbonyl (C=O) groups is 2. The number of amides is 2. The topological polar surface area (TPSA) is 84.7 Å². The van der Waals surface area contributed by atoms with Crippen LogP contribution in [0.5, 0.6) is 0 Å². The third-order valence-corrected chi connectivity index (χ3v) is 6.58. The molecule has 2 amide bonds. The summed E-state index contributed by atoms with van der Waals surface area (Å²) in [6, 6.07) is 11.6. The number of halogens is 1. The summed E-state index contributed by atoms with van der Waals surface area (Å²) in [4.78, 5) is 31.3. The van der Waals surface area contributed by atoms with E-state index in [0.29, 0.717) is 24.1 Å². The second-order valence-corrected chi connectivity index (χ2v) is 8.77. The van der Waals surface area contributed by atoms with Gasteiger partial charge in [-0.25, -0.2) is 9.37 Å². The van der Waals surface area contributed by atoms with Crippen LogP contribution >= 0.6 is 0 Å². The Morgan fingerprint density at radius 3 is 2.76 bits per heavy atom. The summed E-state index contributed by atoms with van der Waals surface area (Å²) in [7, 11) is 1.73. The van der Waals surface area contributed by atoms with E-state index < -0.39 is 5.82 Å². The molecule has 1 saturated heterocycles. The maximum atomic E-state index is 14.9. The second-order valence-electron chi connectivity index (χ2n) is 8.77. The standard InChI is InChI=1S/C25H26FN3O4/c1-29(17-10-9-16(14-17)27-23(30)22-7-4-12-32-22)25(31)15-8-11-18(19(26)13-15)24-28-20-5-2-3-6-21(20)33-24/h2-3,5-6,8,11,13,16-17,22H,4,7,9-10,12,14H2,1H3,(H,27,30)/t16-,17+,22-/m0/s1. The number of benzene rings is 2. The number of carbonyl (C=O) groups excluding carboxylic acids is 2. The van der Waals surface area contributed by atoms with Crippen LogP contribution in [0.2, 0.25) is 0 Å². The lowest BCUT2D eigenvalue weighted by atomic mass is 10.1. The minimum absolute atomic E-state index is 0.0141. The van der Waals surface area contributed by atoms with Crippen LogP contribution in [-0.4, -0.2) is 53.5 Å². The smallest absolute Gasteiger partial charge is 0.253 e. The molecule has 1 saturated carbocycles. The molecule has 2 aliphatic rings.